The summed E-state index contributed by atoms with van der Waals surface area (Å²) in [5.41, 5.74) is 1.31. The number of ether oxygens (including phenoxy) is 3. The first-order valence-electron chi connectivity index (χ1n) is 8.44. The van der Waals surface area contributed by atoms with Crippen LogP contribution < -0.4 is 15.4 Å². The highest BCUT2D eigenvalue weighted by Gasteiger charge is 1.98. The van der Waals surface area contributed by atoms with Crippen molar-refractivity contribution in [2.75, 3.05) is 54.2 Å². The van der Waals surface area contributed by atoms with Crippen molar-refractivity contribution in [3.63, 3.8) is 0 Å². The molecule has 0 saturated heterocycles. The third-order valence-corrected chi connectivity index (χ3v) is 3.51. The highest BCUT2D eigenvalue weighted by molar-refractivity contribution is 14.0. The Bertz CT molecular complexity index is 455. The Hall–Kier alpha value is -1.06. The molecular formula is C18H32IN3O3. The van der Waals surface area contributed by atoms with Gasteiger partial charge in [-0.25, -0.2) is 0 Å². The molecule has 0 saturated carbocycles. The highest BCUT2D eigenvalue weighted by Crippen LogP contribution is 2.12. The molecule has 1 rings (SSSR count). The van der Waals surface area contributed by atoms with Crippen LogP contribution in [0.15, 0.2) is 29.3 Å². The number of hydrogen-bond donors (Lipinski definition) is 2. The topological polar surface area (TPSA) is 64.1 Å². The zero-order valence-electron chi connectivity index (χ0n) is 15.5. The zero-order valence-corrected chi connectivity index (χ0v) is 17.9. The zero-order chi connectivity index (χ0) is 17.5. The van der Waals surface area contributed by atoms with Crippen LogP contribution in [0, 0.1) is 0 Å². The molecule has 0 spiro atoms. The first-order chi connectivity index (χ1) is 11.8. The SMILES string of the molecule is CN=C(NCCCOCCOC)NCCCc1ccc(OC)cc1.I. The lowest BCUT2D eigenvalue weighted by molar-refractivity contribution is 0.0698. The number of hydrogen-bond acceptors (Lipinski definition) is 4. The quantitative estimate of drug-likeness (QED) is 0.215. The van der Waals surface area contributed by atoms with Gasteiger partial charge in [0.05, 0.1) is 20.3 Å². The number of halogens is 1. The van der Waals surface area contributed by atoms with Gasteiger partial charge in [-0.2, -0.15) is 0 Å². The molecule has 0 atom stereocenters. The van der Waals surface area contributed by atoms with Crippen LogP contribution in [-0.4, -0.2) is 60.1 Å². The van der Waals surface area contributed by atoms with E-state index < -0.39 is 0 Å². The van der Waals surface area contributed by atoms with Gasteiger partial charge in [-0.15, -0.1) is 24.0 Å². The van der Waals surface area contributed by atoms with Crippen molar-refractivity contribution >= 4 is 29.9 Å². The van der Waals surface area contributed by atoms with Crippen LogP contribution in [0.4, 0.5) is 0 Å². The van der Waals surface area contributed by atoms with Gasteiger partial charge in [-0.3, -0.25) is 4.99 Å². The number of methoxy groups -OCH3 is 2. The molecule has 25 heavy (non-hydrogen) atoms. The van der Waals surface area contributed by atoms with Crippen LogP contribution in [-0.2, 0) is 15.9 Å². The van der Waals surface area contributed by atoms with Crippen LogP contribution in [0.5, 0.6) is 5.75 Å². The minimum absolute atomic E-state index is 0. The van der Waals surface area contributed by atoms with E-state index in [4.69, 9.17) is 14.2 Å². The minimum Gasteiger partial charge on any atom is -0.497 e. The summed E-state index contributed by atoms with van der Waals surface area (Å²) in [6, 6.07) is 8.21. The molecule has 0 radical (unpaired) electrons. The summed E-state index contributed by atoms with van der Waals surface area (Å²) in [7, 11) is 5.15. The van der Waals surface area contributed by atoms with E-state index in [1.165, 1.54) is 5.56 Å². The lowest BCUT2D eigenvalue weighted by Crippen LogP contribution is -2.38. The first kappa shape index (κ1) is 23.9. The summed E-state index contributed by atoms with van der Waals surface area (Å²) >= 11 is 0. The minimum atomic E-state index is 0. The summed E-state index contributed by atoms with van der Waals surface area (Å²) in [5, 5.41) is 6.61. The lowest BCUT2D eigenvalue weighted by atomic mass is 10.1. The number of aliphatic imine (C=N–C) groups is 1. The Morgan fingerprint density at radius 3 is 2.24 bits per heavy atom. The Balaban J connectivity index is 0.00000576. The normalized spacial score (nSPS) is 10.9. The molecule has 2 N–H and O–H groups in total. The average molecular weight is 465 g/mol. The Morgan fingerprint density at radius 1 is 0.960 bits per heavy atom. The fourth-order valence-corrected chi connectivity index (χ4v) is 2.14. The summed E-state index contributed by atoms with van der Waals surface area (Å²) in [5.74, 6) is 1.73. The molecule has 0 aromatic heterocycles. The van der Waals surface area contributed by atoms with Crippen molar-refractivity contribution in [1.82, 2.24) is 10.6 Å². The van der Waals surface area contributed by atoms with Gasteiger partial charge in [0.15, 0.2) is 5.96 Å². The van der Waals surface area contributed by atoms with Gasteiger partial charge in [0.2, 0.25) is 0 Å². The number of nitrogens with zero attached hydrogens (tertiary/aromatic N) is 1. The van der Waals surface area contributed by atoms with E-state index >= 15 is 0 Å². The van der Waals surface area contributed by atoms with Gasteiger partial charge in [-0.1, -0.05) is 12.1 Å². The Morgan fingerprint density at radius 2 is 1.64 bits per heavy atom. The molecule has 7 heteroatoms. The van der Waals surface area contributed by atoms with Crippen molar-refractivity contribution in [2.24, 2.45) is 4.99 Å². The van der Waals surface area contributed by atoms with Crippen LogP contribution in [0.1, 0.15) is 18.4 Å². The number of aryl methyl sites for hydroxylation is 1. The van der Waals surface area contributed by atoms with E-state index in [1.807, 2.05) is 12.1 Å². The van der Waals surface area contributed by atoms with E-state index in [9.17, 15) is 0 Å². The molecular weight excluding hydrogens is 433 g/mol. The molecule has 0 unspecified atom stereocenters. The molecule has 0 aliphatic carbocycles. The summed E-state index contributed by atoms with van der Waals surface area (Å²) in [6.45, 7) is 3.74. The lowest BCUT2D eigenvalue weighted by Gasteiger charge is -2.12. The molecule has 0 fully saturated rings. The smallest absolute Gasteiger partial charge is 0.190 e. The van der Waals surface area contributed by atoms with Crippen molar-refractivity contribution in [3.8, 4) is 5.75 Å². The maximum Gasteiger partial charge on any atom is 0.190 e. The predicted octanol–water partition coefficient (Wildman–Crippen LogP) is 2.46. The fraction of sp³-hybridized carbons (Fsp3) is 0.611. The van der Waals surface area contributed by atoms with Gasteiger partial charge >= 0.3 is 0 Å². The second-order valence-electron chi connectivity index (χ2n) is 5.34. The van der Waals surface area contributed by atoms with E-state index in [-0.39, 0.29) is 24.0 Å². The molecule has 6 nitrogen and oxygen atoms in total. The third kappa shape index (κ3) is 12.0. The number of rotatable bonds is 12. The van der Waals surface area contributed by atoms with Crippen molar-refractivity contribution in [3.05, 3.63) is 29.8 Å². The highest BCUT2D eigenvalue weighted by atomic mass is 127. The largest absolute Gasteiger partial charge is 0.497 e. The van der Waals surface area contributed by atoms with E-state index in [0.29, 0.717) is 13.2 Å². The van der Waals surface area contributed by atoms with Crippen LogP contribution in [0.2, 0.25) is 0 Å². The molecule has 0 amide bonds. The van der Waals surface area contributed by atoms with Gasteiger partial charge < -0.3 is 24.8 Å². The van der Waals surface area contributed by atoms with Gasteiger partial charge in [0.1, 0.15) is 5.75 Å². The maximum absolute atomic E-state index is 5.42. The van der Waals surface area contributed by atoms with Crippen LogP contribution in [0.3, 0.4) is 0 Å². The van der Waals surface area contributed by atoms with Gasteiger partial charge in [-0.05, 0) is 37.0 Å². The van der Waals surface area contributed by atoms with E-state index in [2.05, 4.69) is 27.8 Å². The van der Waals surface area contributed by atoms with Crippen molar-refractivity contribution < 1.29 is 14.2 Å². The van der Waals surface area contributed by atoms with Crippen molar-refractivity contribution in [1.29, 1.82) is 0 Å². The molecule has 1 aromatic carbocycles. The van der Waals surface area contributed by atoms with Gasteiger partial charge in [0.25, 0.3) is 0 Å². The summed E-state index contributed by atoms with van der Waals surface area (Å²) in [6.07, 6.45) is 3.02. The Kier molecular flexibility index (Phi) is 15.7. The first-order valence-corrected chi connectivity index (χ1v) is 8.44. The summed E-state index contributed by atoms with van der Waals surface area (Å²) in [4.78, 5) is 4.22. The van der Waals surface area contributed by atoms with E-state index in [1.54, 1.807) is 21.3 Å². The third-order valence-electron chi connectivity index (χ3n) is 3.51. The fourth-order valence-electron chi connectivity index (χ4n) is 2.14. The molecule has 0 aliphatic heterocycles. The van der Waals surface area contributed by atoms with Crippen molar-refractivity contribution in [2.45, 2.75) is 19.3 Å². The molecule has 144 valence electrons. The Labute approximate surface area is 168 Å². The van der Waals surface area contributed by atoms with E-state index in [0.717, 1.165) is 50.7 Å². The molecule has 0 aliphatic rings. The molecule has 0 heterocycles. The van der Waals surface area contributed by atoms with Crippen LogP contribution in [0.25, 0.3) is 0 Å². The average Bonchev–Trinajstić information content (AvgIpc) is 2.63. The monoisotopic (exact) mass is 465 g/mol. The second kappa shape index (κ2) is 16.4. The number of guanidine groups is 1. The maximum atomic E-state index is 5.42. The number of benzene rings is 1. The van der Waals surface area contributed by atoms with Crippen LogP contribution >= 0.6 is 24.0 Å². The summed E-state index contributed by atoms with van der Waals surface area (Å²) < 4.78 is 15.5. The molecule has 1 aromatic rings. The van der Waals surface area contributed by atoms with Gasteiger partial charge in [0, 0.05) is 33.9 Å². The number of nitrogens with one attached hydrogen (secondary N) is 2. The molecule has 0 bridgehead atoms. The predicted molar refractivity (Wildman–Crippen MR) is 113 cm³/mol. The standard InChI is InChI=1S/C18H31N3O3.HI/c1-19-18(21-12-5-13-24-15-14-22-2)20-11-4-6-16-7-9-17(23-3)10-8-16;/h7-10H,4-6,11-15H2,1-3H3,(H2,19,20,21);1H. The second-order valence-corrected chi connectivity index (χ2v) is 5.34.